The minimum absolute atomic E-state index is 0.0607. The highest BCUT2D eigenvalue weighted by atomic mass is 16.5. The van der Waals surface area contributed by atoms with Crippen LogP contribution in [0.3, 0.4) is 0 Å². The molecule has 2 aromatic carbocycles. The van der Waals surface area contributed by atoms with E-state index in [0.29, 0.717) is 6.61 Å². The summed E-state index contributed by atoms with van der Waals surface area (Å²) in [5.74, 6) is 0.374. The second-order valence-electron chi connectivity index (χ2n) is 6.21. The van der Waals surface area contributed by atoms with Gasteiger partial charge in [0, 0.05) is 5.69 Å². The third kappa shape index (κ3) is 5.49. The van der Waals surface area contributed by atoms with Crippen LogP contribution in [0.2, 0.25) is 0 Å². The van der Waals surface area contributed by atoms with Crippen LogP contribution in [0.15, 0.2) is 48.0 Å². The zero-order chi connectivity index (χ0) is 18.9. The number of carbonyl (C=O) groups excluding carboxylic acids is 1. The lowest BCUT2D eigenvalue weighted by Gasteiger charge is -2.09. The first-order valence-electron chi connectivity index (χ1n) is 8.76. The fourth-order valence-electron chi connectivity index (χ4n) is 2.37. The van der Waals surface area contributed by atoms with E-state index in [2.05, 4.69) is 12.2 Å². The number of nitriles is 1. The molecule has 0 aliphatic rings. The van der Waals surface area contributed by atoms with E-state index >= 15 is 0 Å². The molecular formula is C22H24N2O2. The molecule has 1 N–H and O–H groups in total. The van der Waals surface area contributed by atoms with Gasteiger partial charge in [-0.2, -0.15) is 5.26 Å². The highest BCUT2D eigenvalue weighted by Crippen LogP contribution is 2.19. The van der Waals surface area contributed by atoms with Gasteiger partial charge in [0.15, 0.2) is 0 Å². The van der Waals surface area contributed by atoms with Crippen LogP contribution in [-0.2, 0) is 4.79 Å². The number of carbonyl (C=O) groups is 1. The van der Waals surface area contributed by atoms with E-state index in [1.165, 1.54) is 0 Å². The topological polar surface area (TPSA) is 62.1 Å². The van der Waals surface area contributed by atoms with E-state index in [4.69, 9.17) is 4.74 Å². The van der Waals surface area contributed by atoms with Crippen molar-refractivity contribution >= 4 is 17.7 Å². The van der Waals surface area contributed by atoms with Gasteiger partial charge in [0.25, 0.3) is 5.91 Å². The standard InChI is InChI=1S/C22H24N2O2/c1-4-5-12-26-20-10-8-18(9-11-20)14-19(15-23)22(25)24-21-13-16(2)6-7-17(21)3/h6-11,13-14H,4-5,12H2,1-3H3,(H,24,25)/b19-14+. The largest absolute Gasteiger partial charge is 0.494 e. The van der Waals surface area contributed by atoms with Crippen LogP contribution in [0.25, 0.3) is 6.08 Å². The number of benzene rings is 2. The number of ether oxygens (including phenoxy) is 1. The van der Waals surface area contributed by atoms with E-state index in [1.54, 1.807) is 6.08 Å². The molecule has 0 saturated heterocycles. The summed E-state index contributed by atoms with van der Waals surface area (Å²) in [6.45, 7) is 6.68. The Morgan fingerprint density at radius 3 is 2.58 bits per heavy atom. The first kappa shape index (κ1) is 19.3. The van der Waals surface area contributed by atoms with Crippen LogP contribution in [0.1, 0.15) is 36.5 Å². The minimum Gasteiger partial charge on any atom is -0.494 e. The van der Waals surface area contributed by atoms with Crippen molar-refractivity contribution in [1.82, 2.24) is 0 Å². The molecule has 2 rings (SSSR count). The number of amides is 1. The molecule has 0 heterocycles. The molecule has 0 unspecified atom stereocenters. The molecule has 0 bridgehead atoms. The van der Waals surface area contributed by atoms with Gasteiger partial charge < -0.3 is 10.1 Å². The van der Waals surface area contributed by atoms with Gasteiger partial charge in [0.1, 0.15) is 17.4 Å². The highest BCUT2D eigenvalue weighted by molar-refractivity contribution is 6.10. The Labute approximate surface area is 155 Å². The summed E-state index contributed by atoms with van der Waals surface area (Å²) < 4.78 is 5.62. The third-order valence-corrected chi connectivity index (χ3v) is 3.96. The number of hydrogen-bond donors (Lipinski definition) is 1. The van der Waals surface area contributed by atoms with Crippen molar-refractivity contribution in [3.8, 4) is 11.8 Å². The van der Waals surface area contributed by atoms with Gasteiger partial charge in [0.2, 0.25) is 0 Å². The number of rotatable bonds is 7. The molecule has 0 fully saturated rings. The first-order valence-corrected chi connectivity index (χ1v) is 8.76. The smallest absolute Gasteiger partial charge is 0.266 e. The second-order valence-corrected chi connectivity index (χ2v) is 6.21. The fourth-order valence-corrected chi connectivity index (χ4v) is 2.37. The molecule has 0 aromatic heterocycles. The molecule has 2 aromatic rings. The number of nitrogens with one attached hydrogen (secondary N) is 1. The average Bonchev–Trinajstić information content (AvgIpc) is 2.64. The van der Waals surface area contributed by atoms with Gasteiger partial charge in [-0.1, -0.05) is 37.6 Å². The van der Waals surface area contributed by atoms with Crippen LogP contribution in [-0.4, -0.2) is 12.5 Å². The maximum absolute atomic E-state index is 12.4. The Hall–Kier alpha value is -3.06. The molecule has 4 heteroatoms. The molecule has 4 nitrogen and oxygen atoms in total. The molecule has 26 heavy (non-hydrogen) atoms. The Kier molecular flexibility index (Phi) is 6.99. The van der Waals surface area contributed by atoms with Crippen LogP contribution in [0.4, 0.5) is 5.69 Å². The minimum atomic E-state index is -0.413. The van der Waals surface area contributed by atoms with Crippen LogP contribution >= 0.6 is 0 Å². The Bertz CT molecular complexity index is 830. The predicted molar refractivity (Wildman–Crippen MR) is 105 cm³/mol. The maximum atomic E-state index is 12.4. The van der Waals surface area contributed by atoms with Crippen LogP contribution < -0.4 is 10.1 Å². The van der Waals surface area contributed by atoms with Gasteiger partial charge >= 0.3 is 0 Å². The number of nitrogens with zero attached hydrogens (tertiary/aromatic N) is 1. The van der Waals surface area contributed by atoms with E-state index in [0.717, 1.165) is 41.0 Å². The van der Waals surface area contributed by atoms with Gasteiger partial charge in [-0.3, -0.25) is 4.79 Å². The van der Waals surface area contributed by atoms with Crippen molar-refractivity contribution in [3.63, 3.8) is 0 Å². The normalized spacial score (nSPS) is 10.9. The first-order chi connectivity index (χ1) is 12.5. The summed E-state index contributed by atoms with van der Waals surface area (Å²) in [4.78, 5) is 12.4. The quantitative estimate of drug-likeness (QED) is 0.434. The molecule has 1 amide bonds. The summed E-state index contributed by atoms with van der Waals surface area (Å²) in [7, 11) is 0. The second kappa shape index (κ2) is 9.43. The van der Waals surface area contributed by atoms with Gasteiger partial charge in [0.05, 0.1) is 6.61 Å². The lowest BCUT2D eigenvalue weighted by atomic mass is 10.1. The number of aryl methyl sites for hydroxylation is 2. The summed E-state index contributed by atoms with van der Waals surface area (Å²) in [6, 6.07) is 15.2. The molecule has 0 spiro atoms. The zero-order valence-corrected chi connectivity index (χ0v) is 15.5. The summed E-state index contributed by atoms with van der Waals surface area (Å²) >= 11 is 0. The number of anilines is 1. The zero-order valence-electron chi connectivity index (χ0n) is 15.5. The lowest BCUT2D eigenvalue weighted by Crippen LogP contribution is -2.14. The Morgan fingerprint density at radius 2 is 1.92 bits per heavy atom. The number of hydrogen-bond acceptors (Lipinski definition) is 3. The van der Waals surface area contributed by atoms with Crippen LogP contribution in [0, 0.1) is 25.2 Å². The average molecular weight is 348 g/mol. The molecule has 0 aliphatic heterocycles. The van der Waals surface area contributed by atoms with E-state index < -0.39 is 5.91 Å². The van der Waals surface area contributed by atoms with Crippen molar-refractivity contribution in [2.24, 2.45) is 0 Å². The molecule has 134 valence electrons. The van der Waals surface area contributed by atoms with Crippen molar-refractivity contribution in [2.45, 2.75) is 33.6 Å². The maximum Gasteiger partial charge on any atom is 0.266 e. The van der Waals surface area contributed by atoms with E-state index in [-0.39, 0.29) is 5.57 Å². The Balaban J connectivity index is 2.10. The molecule has 0 atom stereocenters. The van der Waals surface area contributed by atoms with Crippen molar-refractivity contribution in [3.05, 3.63) is 64.7 Å². The van der Waals surface area contributed by atoms with E-state index in [9.17, 15) is 10.1 Å². The summed E-state index contributed by atoms with van der Waals surface area (Å²) in [6.07, 6.45) is 3.68. The highest BCUT2D eigenvalue weighted by Gasteiger charge is 2.11. The SMILES string of the molecule is CCCCOc1ccc(/C=C(\C#N)C(=O)Nc2cc(C)ccc2C)cc1. The number of unbranched alkanes of at least 4 members (excludes halogenated alkanes) is 1. The van der Waals surface area contributed by atoms with Gasteiger partial charge in [-0.15, -0.1) is 0 Å². The van der Waals surface area contributed by atoms with Gasteiger partial charge in [-0.05, 0) is 61.2 Å². The predicted octanol–water partition coefficient (Wildman–Crippen LogP) is 5.03. The monoisotopic (exact) mass is 348 g/mol. The van der Waals surface area contributed by atoms with Crippen molar-refractivity contribution in [2.75, 3.05) is 11.9 Å². The summed E-state index contributed by atoms with van der Waals surface area (Å²) in [5, 5.41) is 12.2. The van der Waals surface area contributed by atoms with Gasteiger partial charge in [-0.25, -0.2) is 0 Å². The molecule has 0 aliphatic carbocycles. The summed E-state index contributed by atoms with van der Waals surface area (Å²) in [5.41, 5.74) is 3.56. The fraction of sp³-hybridized carbons (Fsp3) is 0.273. The molecule has 0 radical (unpaired) electrons. The molecular weight excluding hydrogens is 324 g/mol. The Morgan fingerprint density at radius 1 is 1.19 bits per heavy atom. The van der Waals surface area contributed by atoms with E-state index in [1.807, 2.05) is 62.4 Å². The van der Waals surface area contributed by atoms with Crippen molar-refractivity contribution < 1.29 is 9.53 Å². The van der Waals surface area contributed by atoms with Crippen molar-refractivity contribution in [1.29, 1.82) is 5.26 Å². The molecule has 0 saturated carbocycles. The lowest BCUT2D eigenvalue weighted by molar-refractivity contribution is -0.112. The van der Waals surface area contributed by atoms with Crippen LogP contribution in [0.5, 0.6) is 5.75 Å². The third-order valence-electron chi connectivity index (χ3n) is 3.96.